The lowest BCUT2D eigenvalue weighted by molar-refractivity contribution is -0.137. The van der Waals surface area contributed by atoms with Crippen molar-refractivity contribution >= 4 is 17.0 Å². The lowest BCUT2D eigenvalue weighted by Crippen LogP contribution is -1.94. The third kappa shape index (κ3) is 3.09. The maximum atomic E-state index is 10.4. The number of carboxylic acids is 1. The number of carbonyl (C=O) groups is 1. The predicted octanol–water partition coefficient (Wildman–Crippen LogP) is 2.76. The van der Waals surface area contributed by atoms with E-state index in [1.54, 1.807) is 0 Å². The third-order valence-electron chi connectivity index (χ3n) is 3.15. The Kier molecular flexibility index (Phi) is 3.97. The minimum atomic E-state index is -0.704. The van der Waals surface area contributed by atoms with E-state index in [0.717, 1.165) is 36.7 Å². The molecule has 96 valence electrons. The second-order valence-electron chi connectivity index (χ2n) is 4.63. The number of benzene rings is 1. The molecule has 0 saturated carbocycles. The molecule has 0 unspecified atom stereocenters. The standard InChI is InChI=1S/C14H18N2O2/c1-16-10-15-12-9-11(7-8-13(12)16)5-3-2-4-6-14(17)18/h7-10H,2-6H2,1H3,(H,17,18). The summed E-state index contributed by atoms with van der Waals surface area (Å²) >= 11 is 0. The Hall–Kier alpha value is -1.84. The highest BCUT2D eigenvalue weighted by Gasteiger charge is 2.01. The van der Waals surface area contributed by atoms with E-state index in [1.165, 1.54) is 5.56 Å². The average Bonchev–Trinajstić information content (AvgIpc) is 2.70. The summed E-state index contributed by atoms with van der Waals surface area (Å²) in [6.07, 6.45) is 5.85. The van der Waals surface area contributed by atoms with Crippen LogP contribution in [0.5, 0.6) is 0 Å². The molecular weight excluding hydrogens is 228 g/mol. The lowest BCUT2D eigenvalue weighted by Gasteiger charge is -2.02. The Morgan fingerprint density at radius 2 is 2.17 bits per heavy atom. The molecule has 1 aromatic heterocycles. The Bertz CT molecular complexity index is 546. The van der Waals surface area contributed by atoms with Crippen LogP contribution in [0.4, 0.5) is 0 Å². The number of carboxylic acid groups (broad SMARTS) is 1. The zero-order chi connectivity index (χ0) is 13.0. The first-order valence-electron chi connectivity index (χ1n) is 6.28. The molecule has 0 spiro atoms. The van der Waals surface area contributed by atoms with Gasteiger partial charge in [-0.25, -0.2) is 4.98 Å². The highest BCUT2D eigenvalue weighted by Crippen LogP contribution is 2.16. The smallest absolute Gasteiger partial charge is 0.303 e. The van der Waals surface area contributed by atoms with Gasteiger partial charge in [-0.15, -0.1) is 0 Å². The van der Waals surface area contributed by atoms with Crippen LogP contribution in [0.25, 0.3) is 11.0 Å². The molecule has 0 radical (unpaired) electrons. The Morgan fingerprint density at radius 3 is 2.94 bits per heavy atom. The lowest BCUT2D eigenvalue weighted by atomic mass is 10.1. The molecule has 1 aromatic carbocycles. The number of aliphatic carboxylic acids is 1. The molecule has 0 amide bonds. The van der Waals surface area contributed by atoms with E-state index < -0.39 is 5.97 Å². The van der Waals surface area contributed by atoms with Crippen molar-refractivity contribution in [2.45, 2.75) is 32.1 Å². The van der Waals surface area contributed by atoms with Crippen LogP contribution in [0.15, 0.2) is 24.5 Å². The van der Waals surface area contributed by atoms with Crippen LogP contribution in [-0.4, -0.2) is 20.6 Å². The highest BCUT2D eigenvalue weighted by molar-refractivity contribution is 5.75. The molecule has 0 aliphatic heterocycles. The minimum Gasteiger partial charge on any atom is -0.481 e. The van der Waals surface area contributed by atoms with Gasteiger partial charge < -0.3 is 9.67 Å². The Morgan fingerprint density at radius 1 is 1.33 bits per heavy atom. The van der Waals surface area contributed by atoms with E-state index in [2.05, 4.69) is 23.2 Å². The molecule has 18 heavy (non-hydrogen) atoms. The van der Waals surface area contributed by atoms with Gasteiger partial charge in [0.25, 0.3) is 0 Å². The largest absolute Gasteiger partial charge is 0.481 e. The van der Waals surface area contributed by atoms with Gasteiger partial charge in [0.1, 0.15) is 0 Å². The van der Waals surface area contributed by atoms with Gasteiger partial charge in [-0.1, -0.05) is 12.5 Å². The number of imidazole rings is 1. The summed E-state index contributed by atoms with van der Waals surface area (Å²) in [6, 6.07) is 6.34. The van der Waals surface area contributed by atoms with Crippen molar-refractivity contribution < 1.29 is 9.90 Å². The van der Waals surface area contributed by atoms with Gasteiger partial charge in [0, 0.05) is 13.5 Å². The number of hydrogen-bond donors (Lipinski definition) is 1. The topological polar surface area (TPSA) is 55.1 Å². The van der Waals surface area contributed by atoms with Gasteiger partial charge in [-0.2, -0.15) is 0 Å². The zero-order valence-corrected chi connectivity index (χ0v) is 10.6. The van der Waals surface area contributed by atoms with Gasteiger partial charge in [0.15, 0.2) is 0 Å². The molecule has 0 bridgehead atoms. The normalized spacial score (nSPS) is 10.9. The number of unbranched alkanes of at least 4 members (excludes halogenated alkanes) is 2. The van der Waals surface area contributed by atoms with E-state index in [9.17, 15) is 4.79 Å². The van der Waals surface area contributed by atoms with Gasteiger partial charge >= 0.3 is 5.97 Å². The molecule has 0 fully saturated rings. The van der Waals surface area contributed by atoms with Crippen LogP contribution < -0.4 is 0 Å². The van der Waals surface area contributed by atoms with Crippen molar-refractivity contribution in [2.75, 3.05) is 0 Å². The van der Waals surface area contributed by atoms with Crippen LogP contribution in [0.1, 0.15) is 31.2 Å². The average molecular weight is 246 g/mol. The van der Waals surface area contributed by atoms with E-state index in [1.807, 2.05) is 17.9 Å². The van der Waals surface area contributed by atoms with E-state index in [4.69, 9.17) is 5.11 Å². The highest BCUT2D eigenvalue weighted by atomic mass is 16.4. The second kappa shape index (κ2) is 5.67. The summed E-state index contributed by atoms with van der Waals surface area (Å²) in [5, 5.41) is 8.54. The first-order chi connectivity index (χ1) is 8.66. The van der Waals surface area contributed by atoms with Gasteiger partial charge in [-0.3, -0.25) is 4.79 Å². The monoisotopic (exact) mass is 246 g/mol. The van der Waals surface area contributed by atoms with Crippen LogP contribution in [0, 0.1) is 0 Å². The van der Waals surface area contributed by atoms with Crippen molar-refractivity contribution in [1.29, 1.82) is 0 Å². The molecule has 0 saturated heterocycles. The van der Waals surface area contributed by atoms with Crippen molar-refractivity contribution in [3.05, 3.63) is 30.1 Å². The van der Waals surface area contributed by atoms with Gasteiger partial charge in [0.05, 0.1) is 17.4 Å². The molecule has 2 aromatic rings. The number of aromatic nitrogens is 2. The van der Waals surface area contributed by atoms with E-state index in [0.29, 0.717) is 0 Å². The van der Waals surface area contributed by atoms with Crippen LogP contribution in [-0.2, 0) is 18.3 Å². The van der Waals surface area contributed by atoms with Crippen LogP contribution in [0.2, 0.25) is 0 Å². The van der Waals surface area contributed by atoms with Crippen LogP contribution in [0.3, 0.4) is 0 Å². The third-order valence-corrected chi connectivity index (χ3v) is 3.15. The predicted molar refractivity (Wildman–Crippen MR) is 70.5 cm³/mol. The summed E-state index contributed by atoms with van der Waals surface area (Å²) in [5.41, 5.74) is 3.45. The van der Waals surface area contributed by atoms with Crippen molar-refractivity contribution in [3.8, 4) is 0 Å². The summed E-state index contributed by atoms with van der Waals surface area (Å²) in [7, 11) is 1.99. The summed E-state index contributed by atoms with van der Waals surface area (Å²) in [4.78, 5) is 14.7. The molecular formula is C14H18N2O2. The quantitative estimate of drug-likeness (QED) is 0.797. The minimum absolute atomic E-state index is 0.277. The van der Waals surface area contributed by atoms with E-state index in [-0.39, 0.29) is 6.42 Å². The maximum Gasteiger partial charge on any atom is 0.303 e. The summed E-state index contributed by atoms with van der Waals surface area (Å²) in [5.74, 6) is -0.704. The first-order valence-corrected chi connectivity index (χ1v) is 6.28. The SMILES string of the molecule is Cn1cnc2cc(CCCCCC(=O)O)ccc21. The molecule has 1 heterocycles. The van der Waals surface area contributed by atoms with E-state index >= 15 is 0 Å². The van der Waals surface area contributed by atoms with Crippen molar-refractivity contribution in [1.82, 2.24) is 9.55 Å². The maximum absolute atomic E-state index is 10.4. The first kappa shape index (κ1) is 12.6. The Balaban J connectivity index is 1.86. The van der Waals surface area contributed by atoms with Crippen molar-refractivity contribution in [3.63, 3.8) is 0 Å². The fraction of sp³-hybridized carbons (Fsp3) is 0.429. The fourth-order valence-electron chi connectivity index (χ4n) is 2.12. The Labute approximate surface area is 106 Å². The summed E-state index contributed by atoms with van der Waals surface area (Å²) in [6.45, 7) is 0. The van der Waals surface area contributed by atoms with Gasteiger partial charge in [0.2, 0.25) is 0 Å². The second-order valence-corrected chi connectivity index (χ2v) is 4.63. The summed E-state index contributed by atoms with van der Waals surface area (Å²) < 4.78 is 2.01. The molecule has 0 atom stereocenters. The molecule has 1 N–H and O–H groups in total. The molecule has 4 heteroatoms. The number of nitrogens with zero attached hydrogens (tertiary/aromatic N) is 2. The van der Waals surface area contributed by atoms with Gasteiger partial charge in [-0.05, 0) is 37.0 Å². The zero-order valence-electron chi connectivity index (χ0n) is 10.6. The molecule has 0 aliphatic rings. The van der Waals surface area contributed by atoms with Crippen LogP contribution >= 0.6 is 0 Å². The number of fused-ring (bicyclic) bond motifs is 1. The molecule has 4 nitrogen and oxygen atoms in total. The number of aryl methyl sites for hydroxylation is 2. The number of rotatable bonds is 6. The fourth-order valence-corrected chi connectivity index (χ4v) is 2.12. The van der Waals surface area contributed by atoms with Crippen molar-refractivity contribution in [2.24, 2.45) is 7.05 Å². The molecule has 0 aliphatic carbocycles. The number of hydrogen-bond acceptors (Lipinski definition) is 2. The molecule has 2 rings (SSSR count).